The Kier molecular flexibility index (Phi) is 3.87. The summed E-state index contributed by atoms with van der Waals surface area (Å²) in [5.41, 5.74) is 0.275. The number of aromatic nitrogens is 1. The van der Waals surface area contributed by atoms with Gasteiger partial charge in [-0.1, -0.05) is 11.2 Å². The van der Waals surface area contributed by atoms with Crippen molar-refractivity contribution < 1.29 is 22.8 Å². The third-order valence-corrected chi connectivity index (χ3v) is 4.69. The first-order valence-corrected chi connectivity index (χ1v) is 8.53. The average Bonchev–Trinajstić information content (AvgIpc) is 2.86. The molecule has 0 saturated heterocycles. The van der Waals surface area contributed by atoms with E-state index in [0.29, 0.717) is 10.5 Å². The van der Waals surface area contributed by atoms with Crippen LogP contribution in [0.5, 0.6) is 0 Å². The third-order valence-electron chi connectivity index (χ3n) is 2.58. The van der Waals surface area contributed by atoms with Crippen molar-refractivity contribution in [1.29, 1.82) is 0 Å². The molecule has 6 nitrogen and oxygen atoms in total. The average molecular weight is 313 g/mol. The van der Waals surface area contributed by atoms with Crippen LogP contribution in [-0.2, 0) is 9.84 Å². The second-order valence-corrected chi connectivity index (χ2v) is 6.79. The summed E-state index contributed by atoms with van der Waals surface area (Å²) < 4.78 is 28.5. The van der Waals surface area contributed by atoms with Crippen LogP contribution < -0.4 is 0 Å². The minimum atomic E-state index is -3.38. The smallest absolute Gasteiger partial charge is 0.358 e. The lowest BCUT2D eigenvalue weighted by molar-refractivity contribution is 0.0686. The molecular formula is C12H11NO5S2. The highest BCUT2D eigenvalue weighted by atomic mass is 32.2. The SMILES string of the molecule is CSc1c(-c2cc(C(=O)O)no2)cccc1S(C)(=O)=O. The van der Waals surface area contributed by atoms with Crippen molar-refractivity contribution in [3.8, 4) is 11.3 Å². The van der Waals surface area contributed by atoms with E-state index in [0.717, 1.165) is 6.26 Å². The first-order chi connectivity index (χ1) is 9.34. The van der Waals surface area contributed by atoms with E-state index >= 15 is 0 Å². The predicted octanol–water partition coefficient (Wildman–Crippen LogP) is 2.17. The molecule has 0 amide bonds. The van der Waals surface area contributed by atoms with E-state index in [-0.39, 0.29) is 16.3 Å². The van der Waals surface area contributed by atoms with Crippen molar-refractivity contribution in [2.24, 2.45) is 0 Å². The van der Waals surface area contributed by atoms with E-state index in [1.165, 1.54) is 23.9 Å². The van der Waals surface area contributed by atoms with Gasteiger partial charge in [-0.05, 0) is 18.4 Å². The lowest BCUT2D eigenvalue weighted by atomic mass is 10.1. The van der Waals surface area contributed by atoms with Gasteiger partial charge in [-0.25, -0.2) is 13.2 Å². The van der Waals surface area contributed by atoms with Crippen molar-refractivity contribution in [2.45, 2.75) is 9.79 Å². The molecule has 2 aromatic rings. The van der Waals surface area contributed by atoms with Gasteiger partial charge in [0.05, 0.1) is 4.90 Å². The zero-order chi connectivity index (χ0) is 14.9. The Morgan fingerprint density at radius 2 is 2.10 bits per heavy atom. The molecule has 0 aliphatic heterocycles. The fourth-order valence-electron chi connectivity index (χ4n) is 1.72. The van der Waals surface area contributed by atoms with Crippen LogP contribution in [0.3, 0.4) is 0 Å². The highest BCUT2D eigenvalue weighted by Gasteiger charge is 2.20. The summed E-state index contributed by atoms with van der Waals surface area (Å²) in [6.45, 7) is 0. The molecule has 1 N–H and O–H groups in total. The van der Waals surface area contributed by atoms with Crippen molar-refractivity contribution >= 4 is 27.6 Å². The van der Waals surface area contributed by atoms with Gasteiger partial charge in [0, 0.05) is 22.8 Å². The normalized spacial score (nSPS) is 11.5. The highest BCUT2D eigenvalue weighted by molar-refractivity contribution is 7.99. The maximum absolute atomic E-state index is 11.8. The van der Waals surface area contributed by atoms with Crippen LogP contribution in [0.1, 0.15) is 10.5 Å². The van der Waals surface area contributed by atoms with Gasteiger partial charge in [0.25, 0.3) is 0 Å². The fraction of sp³-hybridized carbons (Fsp3) is 0.167. The van der Waals surface area contributed by atoms with Crippen molar-refractivity contribution in [2.75, 3.05) is 12.5 Å². The predicted molar refractivity (Wildman–Crippen MR) is 73.8 cm³/mol. The Morgan fingerprint density at radius 3 is 2.60 bits per heavy atom. The van der Waals surface area contributed by atoms with Crippen LogP contribution in [0.15, 0.2) is 38.6 Å². The molecular weight excluding hydrogens is 302 g/mol. The van der Waals surface area contributed by atoms with Gasteiger partial charge in [-0.3, -0.25) is 0 Å². The number of carbonyl (C=O) groups is 1. The molecule has 0 bridgehead atoms. The molecule has 0 saturated carbocycles. The fourth-order valence-corrected chi connectivity index (χ4v) is 3.85. The summed E-state index contributed by atoms with van der Waals surface area (Å²) in [6.07, 6.45) is 2.86. The quantitative estimate of drug-likeness (QED) is 0.864. The van der Waals surface area contributed by atoms with Gasteiger partial charge in [-0.2, -0.15) is 0 Å². The van der Waals surface area contributed by atoms with E-state index in [4.69, 9.17) is 9.63 Å². The molecule has 0 aliphatic rings. The topological polar surface area (TPSA) is 97.5 Å². The Bertz CT molecular complexity index is 764. The number of hydrogen-bond donors (Lipinski definition) is 1. The molecule has 1 heterocycles. The first kappa shape index (κ1) is 14.6. The van der Waals surface area contributed by atoms with Gasteiger partial charge in [-0.15, -0.1) is 11.8 Å². The number of nitrogens with zero attached hydrogens (tertiary/aromatic N) is 1. The molecule has 1 aromatic heterocycles. The van der Waals surface area contributed by atoms with E-state index < -0.39 is 15.8 Å². The van der Waals surface area contributed by atoms with Crippen molar-refractivity contribution in [1.82, 2.24) is 5.16 Å². The molecule has 20 heavy (non-hydrogen) atoms. The van der Waals surface area contributed by atoms with Crippen LogP contribution in [0, 0.1) is 0 Å². The molecule has 0 aliphatic carbocycles. The minimum absolute atomic E-state index is 0.177. The molecule has 1 aromatic carbocycles. The molecule has 0 fully saturated rings. The number of sulfone groups is 1. The minimum Gasteiger partial charge on any atom is -0.476 e. The maximum Gasteiger partial charge on any atom is 0.358 e. The summed E-state index contributed by atoms with van der Waals surface area (Å²) in [6, 6.07) is 6.00. The lowest BCUT2D eigenvalue weighted by Gasteiger charge is -2.09. The van der Waals surface area contributed by atoms with Crippen molar-refractivity contribution in [3.63, 3.8) is 0 Å². The first-order valence-electron chi connectivity index (χ1n) is 5.42. The van der Waals surface area contributed by atoms with Crippen LogP contribution in [0.25, 0.3) is 11.3 Å². The highest BCUT2D eigenvalue weighted by Crippen LogP contribution is 2.35. The Hall–Kier alpha value is -1.80. The monoisotopic (exact) mass is 313 g/mol. The molecule has 8 heteroatoms. The van der Waals surface area contributed by atoms with Crippen LogP contribution in [0.2, 0.25) is 0 Å². The van der Waals surface area contributed by atoms with Crippen LogP contribution in [0.4, 0.5) is 0 Å². The second-order valence-electron chi connectivity index (χ2n) is 3.99. The van der Waals surface area contributed by atoms with Gasteiger partial charge < -0.3 is 9.63 Å². The summed E-state index contributed by atoms with van der Waals surface area (Å²) in [5, 5.41) is 12.3. The molecule has 0 radical (unpaired) electrons. The number of benzene rings is 1. The Labute approximate surface area is 119 Å². The summed E-state index contributed by atoms with van der Waals surface area (Å²) in [4.78, 5) is 11.5. The maximum atomic E-state index is 11.8. The second kappa shape index (κ2) is 5.29. The van der Waals surface area contributed by atoms with Crippen LogP contribution >= 0.6 is 11.8 Å². The number of aromatic carboxylic acids is 1. The van der Waals surface area contributed by atoms with Gasteiger partial charge in [0.15, 0.2) is 21.3 Å². The Morgan fingerprint density at radius 1 is 1.40 bits per heavy atom. The standard InChI is InChI=1S/C12H11NO5S2/c1-19-11-7(4-3-5-10(11)20(2,16)17)9-6-8(12(14)15)13-18-9/h3-6H,1-2H3,(H,14,15). The van der Waals surface area contributed by atoms with Gasteiger partial charge in [0.1, 0.15) is 0 Å². The number of carboxylic acid groups (broad SMARTS) is 1. The molecule has 0 unspecified atom stereocenters. The van der Waals surface area contributed by atoms with Crippen LogP contribution in [-0.4, -0.2) is 37.2 Å². The number of carboxylic acids is 1. The largest absolute Gasteiger partial charge is 0.476 e. The van der Waals surface area contributed by atoms with Gasteiger partial charge >= 0.3 is 5.97 Å². The van der Waals surface area contributed by atoms with E-state index in [9.17, 15) is 13.2 Å². The molecule has 0 spiro atoms. The summed E-state index contributed by atoms with van der Waals surface area (Å²) in [5.74, 6) is -0.984. The Balaban J connectivity index is 2.65. The van der Waals surface area contributed by atoms with Gasteiger partial charge in [0.2, 0.25) is 0 Å². The lowest BCUT2D eigenvalue weighted by Crippen LogP contribution is -2.00. The third kappa shape index (κ3) is 2.70. The molecule has 106 valence electrons. The zero-order valence-corrected chi connectivity index (χ0v) is 12.3. The number of rotatable bonds is 4. The molecule has 0 atom stereocenters. The van der Waals surface area contributed by atoms with E-state index in [2.05, 4.69) is 5.16 Å². The van der Waals surface area contributed by atoms with E-state index in [1.807, 2.05) is 0 Å². The molecule has 2 rings (SSSR count). The van der Waals surface area contributed by atoms with Crippen molar-refractivity contribution in [3.05, 3.63) is 30.0 Å². The summed E-state index contributed by atoms with van der Waals surface area (Å²) >= 11 is 1.25. The zero-order valence-electron chi connectivity index (χ0n) is 10.7. The number of hydrogen-bond acceptors (Lipinski definition) is 6. The summed E-state index contributed by atoms with van der Waals surface area (Å²) in [7, 11) is -3.38. The number of thioether (sulfide) groups is 1. The van der Waals surface area contributed by atoms with E-state index in [1.54, 1.807) is 18.4 Å².